The highest BCUT2D eigenvalue weighted by molar-refractivity contribution is 6.50. The van der Waals surface area contributed by atoms with Gasteiger partial charge in [0.15, 0.2) is 6.73 Å². The lowest BCUT2D eigenvalue weighted by atomic mass is 9.86. The largest absolute Gasteiger partial charge is 0.443 e. The molecule has 1 fully saturated rings. The molecule has 41 heavy (non-hydrogen) atoms. The van der Waals surface area contributed by atoms with Crippen LogP contribution < -0.4 is 5.73 Å². The molecule has 2 aromatic heterocycles. The van der Waals surface area contributed by atoms with Gasteiger partial charge < -0.3 is 19.6 Å². The summed E-state index contributed by atoms with van der Waals surface area (Å²) in [7, 11) is 3.59. The van der Waals surface area contributed by atoms with Crippen LogP contribution in [0.4, 0.5) is 5.69 Å². The van der Waals surface area contributed by atoms with Crippen LogP contribution in [0.15, 0.2) is 54.9 Å². The average molecular weight is 556 g/mol. The first-order valence-corrected chi connectivity index (χ1v) is 13.5. The molecule has 11 heteroatoms. The minimum absolute atomic E-state index is 0.0789. The summed E-state index contributed by atoms with van der Waals surface area (Å²) in [5.74, 6) is -2.02. The number of benzene rings is 2. The van der Waals surface area contributed by atoms with Crippen molar-refractivity contribution in [2.75, 3.05) is 6.73 Å². The Morgan fingerprint density at radius 3 is 2.27 bits per heavy atom. The fourth-order valence-corrected chi connectivity index (χ4v) is 6.11. The van der Waals surface area contributed by atoms with Crippen LogP contribution in [0, 0.1) is 16.0 Å². The maximum Gasteiger partial charge on any atom is 0.310 e. The zero-order valence-corrected chi connectivity index (χ0v) is 22.7. The summed E-state index contributed by atoms with van der Waals surface area (Å²) in [5.41, 5.74) is 8.75. The number of rotatable bonds is 6. The molecular weight excluding hydrogens is 526 g/mol. The van der Waals surface area contributed by atoms with Crippen LogP contribution in [-0.2, 0) is 33.2 Å². The molecule has 6 rings (SSSR count). The van der Waals surface area contributed by atoms with Crippen molar-refractivity contribution in [2.24, 2.45) is 25.7 Å². The standard InChI is InChI=1S/C30H29N5O6/c1-32-14-22(20-8-3-4-9-24(20)32)26-27(23-15-33(2)25-13-19(35(39)40)10-11-21(23)25)29(37)34(28(26)36)16-41-30(38)17-6-5-7-18(31)12-17/h3-4,8-11,13-15,17-18H,5-7,12,16,31H2,1-2H3. The summed E-state index contributed by atoms with van der Waals surface area (Å²) in [5, 5.41) is 12.8. The first kappa shape index (κ1) is 26.5. The van der Waals surface area contributed by atoms with E-state index in [1.165, 1.54) is 12.1 Å². The first-order valence-electron chi connectivity index (χ1n) is 13.5. The lowest BCUT2D eigenvalue weighted by molar-refractivity contribution is -0.384. The molecule has 0 bridgehead atoms. The number of fused-ring (bicyclic) bond motifs is 2. The second-order valence-corrected chi connectivity index (χ2v) is 10.8. The molecule has 1 saturated carbocycles. The first-order chi connectivity index (χ1) is 19.7. The highest BCUT2D eigenvalue weighted by Crippen LogP contribution is 2.42. The van der Waals surface area contributed by atoms with E-state index in [2.05, 4.69) is 0 Å². The zero-order valence-electron chi connectivity index (χ0n) is 22.7. The van der Waals surface area contributed by atoms with Crippen LogP contribution in [0.1, 0.15) is 36.8 Å². The number of nitrogens with zero attached hydrogens (tertiary/aromatic N) is 4. The lowest BCUT2D eigenvalue weighted by Crippen LogP contribution is -2.37. The highest BCUT2D eigenvalue weighted by atomic mass is 16.6. The van der Waals surface area contributed by atoms with E-state index in [1.54, 1.807) is 30.1 Å². The third-order valence-electron chi connectivity index (χ3n) is 8.17. The Labute approximate surface area is 234 Å². The molecule has 2 atom stereocenters. The minimum Gasteiger partial charge on any atom is -0.443 e. The summed E-state index contributed by atoms with van der Waals surface area (Å²) in [4.78, 5) is 52.8. The van der Waals surface area contributed by atoms with Gasteiger partial charge >= 0.3 is 5.97 Å². The smallest absolute Gasteiger partial charge is 0.310 e. The van der Waals surface area contributed by atoms with Crippen molar-refractivity contribution >= 4 is 56.4 Å². The average Bonchev–Trinajstić information content (AvgIpc) is 3.55. The maximum absolute atomic E-state index is 14.0. The number of nitro benzene ring substituents is 1. The van der Waals surface area contributed by atoms with Crippen molar-refractivity contribution in [2.45, 2.75) is 31.7 Å². The molecule has 11 nitrogen and oxygen atoms in total. The van der Waals surface area contributed by atoms with Gasteiger partial charge in [-0.15, -0.1) is 0 Å². The van der Waals surface area contributed by atoms with E-state index in [9.17, 15) is 24.5 Å². The zero-order chi connectivity index (χ0) is 29.0. The fourth-order valence-electron chi connectivity index (χ4n) is 6.11. The van der Waals surface area contributed by atoms with Crippen LogP contribution in [0.25, 0.3) is 33.0 Å². The number of hydrogen-bond donors (Lipinski definition) is 1. The number of hydrogen-bond acceptors (Lipinski definition) is 7. The number of para-hydroxylation sites is 1. The van der Waals surface area contributed by atoms with Crippen LogP contribution >= 0.6 is 0 Å². The van der Waals surface area contributed by atoms with Gasteiger partial charge in [-0.05, 0) is 31.4 Å². The van der Waals surface area contributed by atoms with Gasteiger partial charge in [0.1, 0.15) is 0 Å². The third kappa shape index (κ3) is 4.38. The molecule has 210 valence electrons. The number of aromatic nitrogens is 2. The Kier molecular flexibility index (Phi) is 6.46. The van der Waals surface area contributed by atoms with E-state index in [4.69, 9.17) is 10.5 Å². The molecule has 0 radical (unpaired) electrons. The van der Waals surface area contributed by atoms with Gasteiger partial charge in [0.05, 0.1) is 27.5 Å². The number of nitrogens with two attached hydrogens (primary N) is 1. The van der Waals surface area contributed by atoms with Gasteiger partial charge in [0.2, 0.25) is 0 Å². The summed E-state index contributed by atoms with van der Waals surface area (Å²) in [6.07, 6.45) is 6.33. The molecule has 2 N–H and O–H groups in total. The van der Waals surface area contributed by atoms with E-state index in [0.717, 1.165) is 28.6 Å². The van der Waals surface area contributed by atoms with Crippen molar-refractivity contribution < 1.29 is 24.0 Å². The Hall–Kier alpha value is -4.77. The van der Waals surface area contributed by atoms with Crippen molar-refractivity contribution in [1.29, 1.82) is 0 Å². The van der Waals surface area contributed by atoms with Gasteiger partial charge in [0.25, 0.3) is 17.5 Å². The lowest BCUT2D eigenvalue weighted by Gasteiger charge is -2.25. The molecule has 3 heterocycles. The normalized spacial score (nSPS) is 19.5. The highest BCUT2D eigenvalue weighted by Gasteiger charge is 2.42. The topological polar surface area (TPSA) is 143 Å². The monoisotopic (exact) mass is 555 g/mol. The third-order valence-corrected chi connectivity index (χ3v) is 8.17. The number of aryl methyl sites for hydroxylation is 2. The van der Waals surface area contributed by atoms with Gasteiger partial charge in [-0.3, -0.25) is 24.5 Å². The molecule has 2 amide bonds. The number of non-ortho nitro benzene ring substituents is 1. The molecule has 2 aliphatic rings. The quantitative estimate of drug-likeness (QED) is 0.165. The maximum atomic E-state index is 14.0. The van der Waals surface area contributed by atoms with E-state index in [1.807, 2.05) is 35.9 Å². The van der Waals surface area contributed by atoms with Gasteiger partial charge in [0, 0.05) is 72.1 Å². The van der Waals surface area contributed by atoms with Crippen LogP contribution in [0.3, 0.4) is 0 Å². The number of imide groups is 1. The molecule has 4 aromatic rings. The Morgan fingerprint density at radius 2 is 1.61 bits per heavy atom. The summed E-state index contributed by atoms with van der Waals surface area (Å²) in [6, 6.07) is 11.9. The van der Waals surface area contributed by atoms with Gasteiger partial charge in [-0.25, -0.2) is 4.90 Å². The van der Waals surface area contributed by atoms with E-state index in [0.29, 0.717) is 34.9 Å². The predicted molar refractivity (Wildman–Crippen MR) is 152 cm³/mol. The summed E-state index contributed by atoms with van der Waals surface area (Å²) in [6.45, 7) is -0.518. The number of carbonyl (C=O) groups is 3. The molecule has 2 aromatic carbocycles. The molecule has 1 aliphatic heterocycles. The van der Waals surface area contributed by atoms with E-state index >= 15 is 0 Å². The summed E-state index contributed by atoms with van der Waals surface area (Å²) >= 11 is 0. The SMILES string of the molecule is Cn1cc(C2=C(c3cn(C)c4cc([N+](=O)[O-])ccc34)C(=O)N(COC(=O)C3CCCC(N)C3)C2=O)c2ccccc21. The van der Waals surface area contributed by atoms with Gasteiger partial charge in [-0.1, -0.05) is 24.6 Å². The van der Waals surface area contributed by atoms with Crippen LogP contribution in [-0.4, -0.2) is 49.5 Å². The molecule has 2 unspecified atom stereocenters. The number of nitro groups is 1. The van der Waals surface area contributed by atoms with Crippen molar-refractivity contribution in [3.8, 4) is 0 Å². The molecular formula is C30H29N5O6. The number of carbonyl (C=O) groups excluding carboxylic acids is 3. The second kappa shape index (κ2) is 10.0. The Morgan fingerprint density at radius 1 is 0.976 bits per heavy atom. The van der Waals surface area contributed by atoms with Crippen molar-refractivity contribution in [1.82, 2.24) is 14.0 Å². The number of amides is 2. The predicted octanol–water partition coefficient (Wildman–Crippen LogP) is 3.88. The Bertz CT molecular complexity index is 1800. The Balaban J connectivity index is 1.45. The van der Waals surface area contributed by atoms with Crippen LogP contribution in [0.5, 0.6) is 0 Å². The molecule has 1 aliphatic carbocycles. The van der Waals surface area contributed by atoms with E-state index in [-0.39, 0.29) is 28.8 Å². The van der Waals surface area contributed by atoms with Gasteiger partial charge in [-0.2, -0.15) is 0 Å². The van der Waals surface area contributed by atoms with Crippen molar-refractivity contribution in [3.05, 3.63) is 76.1 Å². The second-order valence-electron chi connectivity index (χ2n) is 10.8. The molecule has 0 saturated heterocycles. The minimum atomic E-state index is -0.600. The number of ether oxygens (including phenoxy) is 1. The van der Waals surface area contributed by atoms with Crippen molar-refractivity contribution in [3.63, 3.8) is 0 Å². The van der Waals surface area contributed by atoms with E-state index < -0.39 is 29.4 Å². The summed E-state index contributed by atoms with van der Waals surface area (Å²) < 4.78 is 9.10. The van der Waals surface area contributed by atoms with Crippen LogP contribution in [0.2, 0.25) is 0 Å². The molecule has 0 spiro atoms. The fraction of sp³-hybridized carbons (Fsp3) is 0.300. The number of esters is 1.